The maximum Gasteiger partial charge on any atom is 0.328 e. The molecule has 0 N–H and O–H groups in total. The summed E-state index contributed by atoms with van der Waals surface area (Å²) in [5.41, 5.74) is 0. The fraction of sp³-hybridized carbons (Fsp3) is 0.778. The molecule has 1 aliphatic rings. The van der Waals surface area contributed by atoms with E-state index in [1.54, 1.807) is 19.0 Å². The van der Waals surface area contributed by atoms with E-state index in [-0.39, 0.29) is 12.0 Å². The van der Waals surface area contributed by atoms with E-state index in [2.05, 4.69) is 4.74 Å². The van der Waals surface area contributed by atoms with Crippen LogP contribution in [0.1, 0.15) is 12.8 Å². The Morgan fingerprint density at radius 3 is 2.57 bits per heavy atom. The second kappa shape index (κ2) is 4.30. The minimum atomic E-state index is -0.394. The van der Waals surface area contributed by atoms with Gasteiger partial charge in [0.25, 0.3) is 0 Å². The molecule has 0 aliphatic carbocycles. The molecule has 0 aromatic heterocycles. The van der Waals surface area contributed by atoms with E-state index in [4.69, 9.17) is 0 Å². The number of ether oxygens (including phenoxy) is 1. The zero-order valence-corrected chi connectivity index (χ0v) is 8.82. The number of likely N-dealkylation sites (tertiary alicyclic amines) is 1. The summed E-state index contributed by atoms with van der Waals surface area (Å²) < 4.78 is 4.64. The first-order valence-corrected chi connectivity index (χ1v) is 4.63. The first-order valence-electron chi connectivity index (χ1n) is 4.63. The lowest BCUT2D eigenvalue weighted by molar-refractivity contribution is -0.145. The molecule has 1 atom stereocenters. The van der Waals surface area contributed by atoms with Gasteiger partial charge in [0, 0.05) is 20.6 Å². The number of nitrogens with zero attached hydrogens (tertiary/aromatic N) is 2. The van der Waals surface area contributed by atoms with Crippen LogP contribution in [0.2, 0.25) is 0 Å². The van der Waals surface area contributed by atoms with Crippen molar-refractivity contribution in [1.29, 1.82) is 0 Å². The minimum absolute atomic E-state index is 0.127. The molecule has 1 fully saturated rings. The van der Waals surface area contributed by atoms with Crippen LogP contribution >= 0.6 is 0 Å². The van der Waals surface area contributed by atoms with Crippen LogP contribution < -0.4 is 0 Å². The maximum atomic E-state index is 11.6. The van der Waals surface area contributed by atoms with Crippen LogP contribution in [-0.4, -0.2) is 55.6 Å². The highest BCUT2D eigenvalue weighted by Crippen LogP contribution is 2.19. The predicted octanol–water partition coefficient (Wildman–Crippen LogP) is 0.305. The molecule has 1 aliphatic heterocycles. The first-order chi connectivity index (χ1) is 6.57. The van der Waals surface area contributed by atoms with Crippen LogP contribution in [0.15, 0.2) is 0 Å². The Labute approximate surface area is 83.6 Å². The lowest BCUT2D eigenvalue weighted by atomic mass is 10.2. The van der Waals surface area contributed by atoms with E-state index in [1.165, 1.54) is 12.0 Å². The van der Waals surface area contributed by atoms with Crippen molar-refractivity contribution in [2.24, 2.45) is 0 Å². The third-order valence-electron chi connectivity index (χ3n) is 2.35. The van der Waals surface area contributed by atoms with E-state index in [0.717, 1.165) is 6.42 Å². The maximum absolute atomic E-state index is 11.6. The Morgan fingerprint density at radius 2 is 2.07 bits per heavy atom. The van der Waals surface area contributed by atoms with Crippen LogP contribution in [0, 0.1) is 0 Å². The second-order valence-electron chi connectivity index (χ2n) is 3.55. The number of esters is 1. The summed E-state index contributed by atoms with van der Waals surface area (Å²) in [7, 11) is 4.70. The van der Waals surface area contributed by atoms with Crippen molar-refractivity contribution in [1.82, 2.24) is 9.80 Å². The largest absolute Gasteiger partial charge is 0.467 e. The quantitative estimate of drug-likeness (QED) is 0.572. The highest BCUT2D eigenvalue weighted by molar-refractivity contribution is 5.84. The molecule has 1 heterocycles. The number of hydrogen-bond acceptors (Lipinski definition) is 3. The van der Waals surface area contributed by atoms with Gasteiger partial charge in [0.05, 0.1) is 7.11 Å². The molecule has 0 bridgehead atoms. The van der Waals surface area contributed by atoms with Gasteiger partial charge >= 0.3 is 12.0 Å². The van der Waals surface area contributed by atoms with Crippen LogP contribution in [0.3, 0.4) is 0 Å². The van der Waals surface area contributed by atoms with E-state index >= 15 is 0 Å². The molecule has 0 radical (unpaired) electrons. The number of methoxy groups -OCH3 is 1. The van der Waals surface area contributed by atoms with Gasteiger partial charge in [-0.05, 0) is 12.8 Å². The topological polar surface area (TPSA) is 49.9 Å². The first kappa shape index (κ1) is 10.8. The zero-order valence-electron chi connectivity index (χ0n) is 8.82. The fourth-order valence-corrected chi connectivity index (χ4v) is 1.63. The molecule has 0 aromatic rings. The second-order valence-corrected chi connectivity index (χ2v) is 3.55. The van der Waals surface area contributed by atoms with Crippen LogP contribution in [0.25, 0.3) is 0 Å². The van der Waals surface area contributed by atoms with Crippen molar-refractivity contribution >= 4 is 12.0 Å². The Hall–Kier alpha value is -1.26. The molecule has 5 heteroatoms. The van der Waals surface area contributed by atoms with Crippen molar-refractivity contribution in [2.75, 3.05) is 27.7 Å². The Morgan fingerprint density at radius 1 is 1.43 bits per heavy atom. The number of hydrogen-bond donors (Lipinski definition) is 0. The molecular weight excluding hydrogens is 184 g/mol. The average Bonchev–Trinajstić information content (AvgIpc) is 2.63. The average molecular weight is 200 g/mol. The predicted molar refractivity (Wildman–Crippen MR) is 50.8 cm³/mol. The van der Waals surface area contributed by atoms with Gasteiger partial charge in [-0.25, -0.2) is 9.59 Å². The molecule has 0 aromatic carbocycles. The summed E-state index contributed by atoms with van der Waals surface area (Å²) in [4.78, 5) is 26.0. The van der Waals surface area contributed by atoms with Gasteiger partial charge < -0.3 is 14.5 Å². The Kier molecular flexibility index (Phi) is 3.33. The Bertz CT molecular complexity index is 240. The lowest BCUT2D eigenvalue weighted by Crippen LogP contribution is -2.45. The summed E-state index contributed by atoms with van der Waals surface area (Å²) in [5, 5.41) is 0. The van der Waals surface area contributed by atoms with Gasteiger partial charge in [-0.2, -0.15) is 0 Å². The van der Waals surface area contributed by atoms with Crippen molar-refractivity contribution in [3.8, 4) is 0 Å². The summed E-state index contributed by atoms with van der Waals surface area (Å²) in [5.74, 6) is -0.322. The van der Waals surface area contributed by atoms with E-state index in [1.807, 2.05) is 0 Å². The van der Waals surface area contributed by atoms with Gasteiger partial charge in [0.15, 0.2) is 0 Å². The van der Waals surface area contributed by atoms with E-state index in [9.17, 15) is 9.59 Å². The van der Waals surface area contributed by atoms with Gasteiger partial charge in [-0.3, -0.25) is 0 Å². The van der Waals surface area contributed by atoms with Gasteiger partial charge in [0.2, 0.25) is 0 Å². The van der Waals surface area contributed by atoms with Gasteiger partial charge in [-0.15, -0.1) is 0 Å². The summed E-state index contributed by atoms with van der Waals surface area (Å²) >= 11 is 0. The SMILES string of the molecule is COC(=O)C1CCCN1C(=O)N(C)C. The Balaban J connectivity index is 2.68. The molecule has 1 rings (SSSR count). The third kappa shape index (κ3) is 1.97. The summed E-state index contributed by atoms with van der Waals surface area (Å²) in [6.07, 6.45) is 1.56. The molecule has 5 nitrogen and oxygen atoms in total. The van der Waals surface area contributed by atoms with Crippen LogP contribution in [0.5, 0.6) is 0 Å². The molecular formula is C9H16N2O3. The van der Waals surface area contributed by atoms with Crippen molar-refractivity contribution in [2.45, 2.75) is 18.9 Å². The molecule has 80 valence electrons. The molecule has 0 saturated carbocycles. The number of urea groups is 1. The molecule has 1 unspecified atom stereocenters. The van der Waals surface area contributed by atoms with Gasteiger partial charge in [0.1, 0.15) is 6.04 Å². The normalized spacial score (nSPS) is 20.8. The standard InChI is InChI=1S/C9H16N2O3/c1-10(2)9(13)11-6-4-5-7(11)8(12)14-3/h7H,4-6H2,1-3H3. The number of rotatable bonds is 1. The highest BCUT2D eigenvalue weighted by atomic mass is 16.5. The molecule has 14 heavy (non-hydrogen) atoms. The van der Waals surface area contributed by atoms with Crippen molar-refractivity contribution in [3.05, 3.63) is 0 Å². The summed E-state index contributed by atoms with van der Waals surface area (Å²) in [6, 6.07) is -0.521. The minimum Gasteiger partial charge on any atom is -0.467 e. The van der Waals surface area contributed by atoms with E-state index < -0.39 is 6.04 Å². The van der Waals surface area contributed by atoms with Crippen LogP contribution in [-0.2, 0) is 9.53 Å². The monoisotopic (exact) mass is 200 g/mol. The molecule has 0 spiro atoms. The van der Waals surface area contributed by atoms with Crippen LogP contribution in [0.4, 0.5) is 4.79 Å². The molecule has 1 saturated heterocycles. The number of carbonyl (C=O) groups excluding carboxylic acids is 2. The van der Waals surface area contributed by atoms with Crippen molar-refractivity contribution in [3.63, 3.8) is 0 Å². The van der Waals surface area contributed by atoms with E-state index in [0.29, 0.717) is 13.0 Å². The molecule has 2 amide bonds. The van der Waals surface area contributed by atoms with Gasteiger partial charge in [-0.1, -0.05) is 0 Å². The smallest absolute Gasteiger partial charge is 0.328 e. The zero-order chi connectivity index (χ0) is 10.7. The fourth-order valence-electron chi connectivity index (χ4n) is 1.63. The number of carbonyl (C=O) groups is 2. The number of amides is 2. The lowest BCUT2D eigenvalue weighted by Gasteiger charge is -2.25. The van der Waals surface area contributed by atoms with Crippen molar-refractivity contribution < 1.29 is 14.3 Å². The highest BCUT2D eigenvalue weighted by Gasteiger charge is 2.35. The third-order valence-corrected chi connectivity index (χ3v) is 2.35. The summed E-state index contributed by atoms with van der Waals surface area (Å²) in [6.45, 7) is 0.636.